The van der Waals surface area contributed by atoms with E-state index in [4.69, 9.17) is 11.5 Å². The quantitative estimate of drug-likeness (QED) is 0.805. The van der Waals surface area contributed by atoms with Crippen molar-refractivity contribution in [3.63, 3.8) is 0 Å². The van der Waals surface area contributed by atoms with Gasteiger partial charge in [0.15, 0.2) is 0 Å². The molecule has 0 fully saturated rings. The second-order valence-electron chi connectivity index (χ2n) is 2.41. The Bertz CT molecular complexity index is 398. The molecule has 1 heterocycles. The summed E-state index contributed by atoms with van der Waals surface area (Å²) in [6, 6.07) is 1.42. The largest absolute Gasteiger partial charge is 0.478 e. The van der Waals surface area contributed by atoms with Crippen LogP contribution >= 0.6 is 15.9 Å². The maximum atomic E-state index is 10.7. The molecule has 0 radical (unpaired) electrons. The number of aromatic carboxylic acids is 1. The SMILES string of the molecule is C#CCNc1cc(C(=O)O)c(Br)cn1. The molecular formula is C9H7BrN2O2. The third-order valence-corrected chi connectivity index (χ3v) is 2.09. The van der Waals surface area contributed by atoms with Gasteiger partial charge in [-0.15, -0.1) is 6.42 Å². The number of nitrogens with zero attached hydrogens (tertiary/aromatic N) is 1. The van der Waals surface area contributed by atoms with E-state index in [0.29, 0.717) is 16.8 Å². The highest BCUT2D eigenvalue weighted by molar-refractivity contribution is 9.10. The molecule has 0 saturated carbocycles. The Morgan fingerprint density at radius 1 is 1.79 bits per heavy atom. The average molecular weight is 255 g/mol. The summed E-state index contributed by atoms with van der Waals surface area (Å²) in [5.41, 5.74) is 0.152. The molecule has 0 saturated heterocycles. The van der Waals surface area contributed by atoms with Crippen molar-refractivity contribution in [3.05, 3.63) is 22.3 Å². The van der Waals surface area contributed by atoms with E-state index in [1.165, 1.54) is 12.3 Å². The smallest absolute Gasteiger partial charge is 0.337 e. The number of anilines is 1. The van der Waals surface area contributed by atoms with Crippen LogP contribution in [0.4, 0.5) is 5.82 Å². The van der Waals surface area contributed by atoms with E-state index >= 15 is 0 Å². The second-order valence-corrected chi connectivity index (χ2v) is 3.27. The van der Waals surface area contributed by atoms with Gasteiger partial charge < -0.3 is 10.4 Å². The molecule has 1 rings (SSSR count). The molecular weight excluding hydrogens is 248 g/mol. The molecule has 4 nitrogen and oxygen atoms in total. The number of rotatable bonds is 3. The van der Waals surface area contributed by atoms with Crippen molar-refractivity contribution < 1.29 is 9.90 Å². The highest BCUT2D eigenvalue weighted by Crippen LogP contribution is 2.18. The van der Waals surface area contributed by atoms with Crippen LogP contribution in [0.25, 0.3) is 0 Å². The van der Waals surface area contributed by atoms with Crippen molar-refractivity contribution in [1.82, 2.24) is 4.98 Å². The van der Waals surface area contributed by atoms with E-state index in [1.54, 1.807) is 0 Å². The number of nitrogens with one attached hydrogen (secondary N) is 1. The van der Waals surface area contributed by atoms with Gasteiger partial charge in [0.25, 0.3) is 0 Å². The Hall–Kier alpha value is -1.54. The van der Waals surface area contributed by atoms with Gasteiger partial charge in [-0.05, 0) is 22.0 Å². The molecule has 0 unspecified atom stereocenters. The van der Waals surface area contributed by atoms with Crippen LogP contribution in [0.1, 0.15) is 10.4 Å². The summed E-state index contributed by atoms with van der Waals surface area (Å²) in [6.07, 6.45) is 6.46. The zero-order chi connectivity index (χ0) is 10.6. The van der Waals surface area contributed by atoms with E-state index in [-0.39, 0.29) is 5.56 Å². The Labute approximate surface area is 89.5 Å². The van der Waals surface area contributed by atoms with Crippen molar-refractivity contribution in [2.45, 2.75) is 0 Å². The first-order valence-electron chi connectivity index (χ1n) is 3.71. The maximum absolute atomic E-state index is 10.7. The van der Waals surface area contributed by atoms with Crippen LogP contribution in [-0.4, -0.2) is 22.6 Å². The van der Waals surface area contributed by atoms with E-state index in [2.05, 4.69) is 32.2 Å². The highest BCUT2D eigenvalue weighted by Gasteiger charge is 2.09. The molecule has 0 spiro atoms. The predicted molar refractivity (Wildman–Crippen MR) is 56.2 cm³/mol. The molecule has 0 aromatic carbocycles. The average Bonchev–Trinajstić information content (AvgIpc) is 2.16. The predicted octanol–water partition coefficient (Wildman–Crippen LogP) is 1.59. The summed E-state index contributed by atoms with van der Waals surface area (Å²) in [7, 11) is 0. The second kappa shape index (κ2) is 4.63. The molecule has 0 aliphatic carbocycles. The fourth-order valence-electron chi connectivity index (χ4n) is 0.841. The van der Waals surface area contributed by atoms with E-state index in [9.17, 15) is 4.79 Å². The molecule has 1 aromatic rings. The summed E-state index contributed by atoms with van der Waals surface area (Å²) in [5, 5.41) is 11.6. The van der Waals surface area contributed by atoms with Gasteiger partial charge in [0.1, 0.15) is 5.82 Å². The summed E-state index contributed by atoms with van der Waals surface area (Å²) in [6.45, 7) is 0.313. The third kappa shape index (κ3) is 2.47. The van der Waals surface area contributed by atoms with Gasteiger partial charge in [-0.1, -0.05) is 5.92 Å². The molecule has 0 aliphatic heterocycles. The van der Waals surface area contributed by atoms with Crippen molar-refractivity contribution in [2.24, 2.45) is 0 Å². The number of hydrogen-bond donors (Lipinski definition) is 2. The molecule has 72 valence electrons. The first kappa shape index (κ1) is 10.5. The van der Waals surface area contributed by atoms with Crippen LogP contribution in [0, 0.1) is 12.3 Å². The van der Waals surface area contributed by atoms with E-state index in [0.717, 1.165) is 0 Å². The van der Waals surface area contributed by atoms with Crippen molar-refractivity contribution in [2.75, 3.05) is 11.9 Å². The summed E-state index contributed by atoms with van der Waals surface area (Å²) in [5.74, 6) is 1.81. The zero-order valence-electron chi connectivity index (χ0n) is 7.12. The highest BCUT2D eigenvalue weighted by atomic mass is 79.9. The van der Waals surface area contributed by atoms with Crippen molar-refractivity contribution in [3.8, 4) is 12.3 Å². The van der Waals surface area contributed by atoms with Crippen LogP contribution in [0.5, 0.6) is 0 Å². The summed E-state index contributed by atoms with van der Waals surface area (Å²) >= 11 is 3.09. The number of carboxylic acid groups (broad SMARTS) is 1. The minimum atomic E-state index is -1.01. The molecule has 5 heteroatoms. The summed E-state index contributed by atoms with van der Waals surface area (Å²) in [4.78, 5) is 14.7. The number of aromatic nitrogens is 1. The van der Waals surface area contributed by atoms with Crippen LogP contribution in [-0.2, 0) is 0 Å². The van der Waals surface area contributed by atoms with Crippen LogP contribution in [0.2, 0.25) is 0 Å². The van der Waals surface area contributed by atoms with Gasteiger partial charge in [0, 0.05) is 6.20 Å². The molecule has 0 amide bonds. The first-order valence-corrected chi connectivity index (χ1v) is 4.50. The lowest BCUT2D eigenvalue weighted by atomic mass is 10.2. The monoisotopic (exact) mass is 254 g/mol. The lowest BCUT2D eigenvalue weighted by Gasteiger charge is -2.03. The first-order chi connectivity index (χ1) is 6.65. The topological polar surface area (TPSA) is 62.2 Å². The zero-order valence-corrected chi connectivity index (χ0v) is 8.71. The van der Waals surface area contributed by atoms with Gasteiger partial charge >= 0.3 is 5.97 Å². The maximum Gasteiger partial charge on any atom is 0.337 e. The standard InChI is InChI=1S/C9H7BrN2O2/c1-2-3-11-8-4-6(9(13)14)7(10)5-12-8/h1,4-5H,3H2,(H,11,12)(H,13,14). The fourth-order valence-corrected chi connectivity index (χ4v) is 1.23. The Kier molecular flexibility index (Phi) is 3.48. The van der Waals surface area contributed by atoms with Gasteiger partial charge in [0.2, 0.25) is 0 Å². The molecule has 14 heavy (non-hydrogen) atoms. The van der Waals surface area contributed by atoms with Crippen molar-refractivity contribution >= 4 is 27.7 Å². The van der Waals surface area contributed by atoms with Crippen LogP contribution < -0.4 is 5.32 Å². The van der Waals surface area contributed by atoms with Gasteiger partial charge in [-0.3, -0.25) is 0 Å². The van der Waals surface area contributed by atoms with Gasteiger partial charge in [-0.2, -0.15) is 0 Å². The fraction of sp³-hybridized carbons (Fsp3) is 0.111. The number of terminal acetylenes is 1. The molecule has 1 aromatic heterocycles. The third-order valence-electron chi connectivity index (χ3n) is 1.46. The van der Waals surface area contributed by atoms with Gasteiger partial charge in [0.05, 0.1) is 16.6 Å². The Morgan fingerprint density at radius 2 is 2.50 bits per heavy atom. The van der Waals surface area contributed by atoms with Crippen LogP contribution in [0.15, 0.2) is 16.7 Å². The number of halogens is 1. The van der Waals surface area contributed by atoms with E-state index in [1.807, 2.05) is 0 Å². The number of hydrogen-bond acceptors (Lipinski definition) is 3. The molecule has 0 atom stereocenters. The van der Waals surface area contributed by atoms with Crippen LogP contribution in [0.3, 0.4) is 0 Å². The minimum absolute atomic E-state index is 0.152. The number of carbonyl (C=O) groups is 1. The Balaban J connectivity index is 2.96. The Morgan fingerprint density at radius 3 is 3.07 bits per heavy atom. The molecule has 2 N–H and O–H groups in total. The normalized spacial score (nSPS) is 9.14. The minimum Gasteiger partial charge on any atom is -0.478 e. The lowest BCUT2D eigenvalue weighted by Crippen LogP contribution is -2.04. The van der Waals surface area contributed by atoms with Gasteiger partial charge in [-0.25, -0.2) is 9.78 Å². The molecule has 0 aliphatic rings. The molecule has 0 bridgehead atoms. The van der Waals surface area contributed by atoms with E-state index < -0.39 is 5.97 Å². The number of pyridine rings is 1. The van der Waals surface area contributed by atoms with Crippen molar-refractivity contribution in [1.29, 1.82) is 0 Å². The lowest BCUT2D eigenvalue weighted by molar-refractivity contribution is 0.0696. The number of carboxylic acids is 1. The summed E-state index contributed by atoms with van der Waals surface area (Å²) < 4.78 is 0.441.